The minimum atomic E-state index is -0.211. The Morgan fingerprint density at radius 1 is 1.58 bits per heavy atom. The van der Waals surface area contributed by atoms with Crippen LogP contribution in [0, 0.1) is 11.3 Å². The van der Waals surface area contributed by atoms with Crippen molar-refractivity contribution in [3.63, 3.8) is 0 Å². The van der Waals surface area contributed by atoms with Gasteiger partial charge in [-0.25, -0.2) is 0 Å². The van der Waals surface area contributed by atoms with Crippen molar-refractivity contribution in [2.24, 2.45) is 11.3 Å². The van der Waals surface area contributed by atoms with Crippen LogP contribution in [0.25, 0.3) is 0 Å². The van der Waals surface area contributed by atoms with E-state index in [2.05, 4.69) is 0 Å². The number of fused-ring (bicyclic) bond motifs is 1. The van der Waals surface area contributed by atoms with E-state index in [0.29, 0.717) is 24.5 Å². The highest BCUT2D eigenvalue weighted by molar-refractivity contribution is 5.94. The molecule has 2 nitrogen and oxygen atoms in total. The molecule has 0 spiro atoms. The summed E-state index contributed by atoms with van der Waals surface area (Å²) in [5.74, 6) is 0.938. The van der Waals surface area contributed by atoms with Crippen LogP contribution in [0.5, 0.6) is 0 Å². The number of rotatable bonds is 1. The number of carbonyl (C=O) groups excluding carboxylic acids is 2. The van der Waals surface area contributed by atoms with Crippen LogP contribution in [0.15, 0.2) is 0 Å². The molecule has 2 aliphatic rings. The summed E-state index contributed by atoms with van der Waals surface area (Å²) in [5, 5.41) is 0. The zero-order valence-corrected chi connectivity index (χ0v) is 7.43. The van der Waals surface area contributed by atoms with E-state index >= 15 is 0 Å². The number of carbonyl (C=O) groups is 2. The predicted molar refractivity (Wildman–Crippen MR) is 44.7 cm³/mol. The summed E-state index contributed by atoms with van der Waals surface area (Å²) in [5.41, 5.74) is -0.211. The van der Waals surface area contributed by atoms with E-state index in [1.165, 1.54) is 0 Å². The topological polar surface area (TPSA) is 34.1 Å². The highest BCUT2D eigenvalue weighted by Gasteiger charge is 2.52. The van der Waals surface area contributed by atoms with Gasteiger partial charge in [0.1, 0.15) is 11.6 Å². The van der Waals surface area contributed by atoms with Crippen LogP contribution in [0.2, 0.25) is 0 Å². The number of hydrogen-bond acceptors (Lipinski definition) is 2. The number of ketones is 2. The van der Waals surface area contributed by atoms with Crippen molar-refractivity contribution in [1.29, 1.82) is 0 Å². The van der Waals surface area contributed by atoms with Gasteiger partial charge in [-0.15, -0.1) is 0 Å². The summed E-state index contributed by atoms with van der Waals surface area (Å²) >= 11 is 0. The van der Waals surface area contributed by atoms with Crippen molar-refractivity contribution in [2.45, 2.75) is 39.0 Å². The molecule has 0 amide bonds. The van der Waals surface area contributed by atoms with Gasteiger partial charge in [0.25, 0.3) is 0 Å². The van der Waals surface area contributed by atoms with Crippen LogP contribution in [-0.2, 0) is 9.59 Å². The summed E-state index contributed by atoms with van der Waals surface area (Å²) in [6.45, 7) is 1.65. The van der Waals surface area contributed by atoms with E-state index in [4.69, 9.17) is 0 Å². The maximum atomic E-state index is 11.4. The standard InChI is InChI=1S/C10H14O2/c1-7(11)10-4-2-3-8(10)5-9(12)6-10/h8H,2-6H2,1H3. The Labute approximate surface area is 72.3 Å². The molecule has 12 heavy (non-hydrogen) atoms. The zero-order valence-electron chi connectivity index (χ0n) is 7.43. The Morgan fingerprint density at radius 2 is 2.33 bits per heavy atom. The van der Waals surface area contributed by atoms with Gasteiger partial charge < -0.3 is 0 Å². The smallest absolute Gasteiger partial charge is 0.136 e. The van der Waals surface area contributed by atoms with Crippen molar-refractivity contribution in [3.8, 4) is 0 Å². The molecule has 2 fully saturated rings. The fourth-order valence-electron chi connectivity index (χ4n) is 2.96. The second-order valence-electron chi connectivity index (χ2n) is 4.22. The molecule has 2 unspecified atom stereocenters. The first-order chi connectivity index (χ1) is 5.65. The maximum absolute atomic E-state index is 11.4. The van der Waals surface area contributed by atoms with Crippen molar-refractivity contribution in [2.75, 3.05) is 0 Å². The first kappa shape index (κ1) is 7.96. The molecule has 2 aliphatic carbocycles. The molecule has 0 aromatic heterocycles. The van der Waals surface area contributed by atoms with Crippen molar-refractivity contribution in [3.05, 3.63) is 0 Å². The first-order valence-corrected chi connectivity index (χ1v) is 4.68. The Kier molecular flexibility index (Phi) is 1.60. The highest BCUT2D eigenvalue weighted by Crippen LogP contribution is 2.53. The molecule has 2 rings (SSSR count). The Balaban J connectivity index is 2.32. The quantitative estimate of drug-likeness (QED) is 0.594. The second kappa shape index (κ2) is 2.41. The van der Waals surface area contributed by atoms with E-state index in [-0.39, 0.29) is 11.2 Å². The SMILES string of the molecule is CC(=O)C12CCCC1CC(=O)C2. The minimum absolute atomic E-state index is 0.211. The monoisotopic (exact) mass is 166 g/mol. The zero-order chi connectivity index (χ0) is 8.77. The Bertz CT molecular complexity index is 244. The van der Waals surface area contributed by atoms with Crippen LogP contribution in [-0.4, -0.2) is 11.6 Å². The Morgan fingerprint density at radius 3 is 2.92 bits per heavy atom. The molecular formula is C10H14O2. The lowest BCUT2D eigenvalue weighted by Gasteiger charge is -2.24. The molecule has 0 aromatic carbocycles. The maximum Gasteiger partial charge on any atom is 0.136 e. The number of Topliss-reactive ketones (excluding diaryl/α,β-unsaturated/α-hetero) is 2. The third kappa shape index (κ3) is 0.869. The average molecular weight is 166 g/mol. The van der Waals surface area contributed by atoms with E-state index in [1.54, 1.807) is 6.92 Å². The summed E-state index contributed by atoms with van der Waals surface area (Å²) in [4.78, 5) is 22.7. The van der Waals surface area contributed by atoms with Gasteiger partial charge in [-0.05, 0) is 25.7 Å². The van der Waals surface area contributed by atoms with Crippen LogP contribution in [0.4, 0.5) is 0 Å². The molecule has 0 N–H and O–H groups in total. The largest absolute Gasteiger partial charge is 0.300 e. The van der Waals surface area contributed by atoms with Gasteiger partial charge in [0.15, 0.2) is 0 Å². The van der Waals surface area contributed by atoms with E-state index in [1.807, 2.05) is 0 Å². The molecule has 0 aliphatic heterocycles. The normalized spacial score (nSPS) is 40.1. The fraction of sp³-hybridized carbons (Fsp3) is 0.800. The lowest BCUT2D eigenvalue weighted by Crippen LogP contribution is -2.28. The van der Waals surface area contributed by atoms with E-state index < -0.39 is 0 Å². The van der Waals surface area contributed by atoms with E-state index in [0.717, 1.165) is 19.3 Å². The lowest BCUT2D eigenvalue weighted by atomic mass is 9.77. The van der Waals surface area contributed by atoms with Gasteiger partial charge in [0.2, 0.25) is 0 Å². The lowest BCUT2D eigenvalue weighted by molar-refractivity contribution is -0.129. The Hall–Kier alpha value is -0.660. The molecule has 0 bridgehead atoms. The van der Waals surface area contributed by atoms with Crippen LogP contribution >= 0.6 is 0 Å². The minimum Gasteiger partial charge on any atom is -0.300 e. The molecule has 0 aromatic rings. The molecule has 66 valence electrons. The van der Waals surface area contributed by atoms with Gasteiger partial charge in [-0.2, -0.15) is 0 Å². The second-order valence-corrected chi connectivity index (χ2v) is 4.22. The van der Waals surface area contributed by atoms with Gasteiger partial charge in [0, 0.05) is 18.3 Å². The average Bonchev–Trinajstić information content (AvgIpc) is 2.42. The predicted octanol–water partition coefficient (Wildman–Crippen LogP) is 1.72. The van der Waals surface area contributed by atoms with Gasteiger partial charge in [-0.1, -0.05) is 6.42 Å². The summed E-state index contributed by atoms with van der Waals surface area (Å²) in [6.07, 6.45) is 4.38. The third-order valence-electron chi connectivity index (χ3n) is 3.64. The molecule has 2 saturated carbocycles. The molecular weight excluding hydrogens is 152 g/mol. The van der Waals surface area contributed by atoms with Crippen LogP contribution in [0.1, 0.15) is 39.0 Å². The molecule has 0 saturated heterocycles. The van der Waals surface area contributed by atoms with Crippen molar-refractivity contribution < 1.29 is 9.59 Å². The summed E-state index contributed by atoms with van der Waals surface area (Å²) in [7, 11) is 0. The fourth-order valence-corrected chi connectivity index (χ4v) is 2.96. The van der Waals surface area contributed by atoms with Crippen molar-refractivity contribution in [1.82, 2.24) is 0 Å². The summed E-state index contributed by atoms with van der Waals surface area (Å²) < 4.78 is 0. The summed E-state index contributed by atoms with van der Waals surface area (Å²) in [6, 6.07) is 0. The molecule has 2 atom stereocenters. The van der Waals surface area contributed by atoms with Gasteiger partial charge >= 0.3 is 0 Å². The highest BCUT2D eigenvalue weighted by atomic mass is 16.1. The van der Waals surface area contributed by atoms with E-state index in [9.17, 15) is 9.59 Å². The van der Waals surface area contributed by atoms with Gasteiger partial charge in [0.05, 0.1) is 0 Å². The molecule has 0 heterocycles. The molecule has 0 radical (unpaired) electrons. The van der Waals surface area contributed by atoms with Crippen molar-refractivity contribution >= 4 is 11.6 Å². The first-order valence-electron chi connectivity index (χ1n) is 4.68. The van der Waals surface area contributed by atoms with Crippen LogP contribution in [0.3, 0.4) is 0 Å². The van der Waals surface area contributed by atoms with Gasteiger partial charge in [-0.3, -0.25) is 9.59 Å². The molecule has 2 heteroatoms. The van der Waals surface area contributed by atoms with Crippen LogP contribution < -0.4 is 0 Å². The number of hydrogen-bond donors (Lipinski definition) is 0. The third-order valence-corrected chi connectivity index (χ3v) is 3.64.